The molecule has 3 rings (SSSR count). The zero-order chi connectivity index (χ0) is 18.7. The number of hydrogen-bond donors (Lipinski definition) is 1. The molecule has 26 heavy (non-hydrogen) atoms. The lowest BCUT2D eigenvalue weighted by Crippen LogP contribution is -2.32. The number of carbonyl (C=O) groups excluding carboxylic acids is 1. The van der Waals surface area contributed by atoms with Crippen molar-refractivity contribution in [2.45, 2.75) is 19.9 Å². The van der Waals surface area contributed by atoms with Gasteiger partial charge in [-0.1, -0.05) is 31.5 Å². The fourth-order valence-electron chi connectivity index (χ4n) is 2.96. The molecular formula is C20H22ClNO4. The predicted molar refractivity (Wildman–Crippen MR) is 100 cm³/mol. The summed E-state index contributed by atoms with van der Waals surface area (Å²) in [5, 5.41) is 3.57. The van der Waals surface area contributed by atoms with Crippen molar-refractivity contribution in [3.05, 3.63) is 52.5 Å². The van der Waals surface area contributed by atoms with Gasteiger partial charge in [-0.05, 0) is 41.8 Å². The third kappa shape index (κ3) is 3.88. The highest BCUT2D eigenvalue weighted by atomic mass is 35.5. The average molecular weight is 376 g/mol. The molecule has 0 radical (unpaired) electrons. The van der Waals surface area contributed by atoms with E-state index in [0.29, 0.717) is 35.3 Å². The molecule has 1 atom stereocenters. The molecule has 1 unspecified atom stereocenters. The Morgan fingerprint density at radius 2 is 1.85 bits per heavy atom. The van der Waals surface area contributed by atoms with Gasteiger partial charge in [0.05, 0.1) is 18.7 Å². The first-order valence-electron chi connectivity index (χ1n) is 8.53. The van der Waals surface area contributed by atoms with Crippen molar-refractivity contribution >= 4 is 17.5 Å². The fraction of sp³-hybridized carbons (Fsp3) is 0.350. The number of hydrogen-bond acceptors (Lipinski definition) is 4. The molecule has 0 aliphatic carbocycles. The lowest BCUT2D eigenvalue weighted by atomic mass is 9.95. The number of methoxy groups -OCH3 is 1. The van der Waals surface area contributed by atoms with E-state index in [4.69, 9.17) is 25.8 Å². The standard InChI is InChI=1S/C20H22ClNO4/c1-12(2)19(13-4-6-17-18(10-13)26-9-8-25-17)22-20(23)15-11-14(21)5-7-16(15)24-3/h4-7,10-12,19H,8-9H2,1-3H3,(H,22,23). The number of carbonyl (C=O) groups is 1. The second-order valence-corrected chi connectivity index (χ2v) is 6.88. The van der Waals surface area contributed by atoms with E-state index in [1.165, 1.54) is 7.11 Å². The first kappa shape index (κ1) is 18.4. The van der Waals surface area contributed by atoms with Crippen molar-refractivity contribution in [3.63, 3.8) is 0 Å². The van der Waals surface area contributed by atoms with E-state index in [1.807, 2.05) is 18.2 Å². The van der Waals surface area contributed by atoms with Gasteiger partial charge in [0.15, 0.2) is 11.5 Å². The molecule has 138 valence electrons. The Hall–Kier alpha value is -2.40. The number of ether oxygens (including phenoxy) is 3. The van der Waals surface area contributed by atoms with E-state index in [1.54, 1.807) is 18.2 Å². The Labute approximate surface area is 158 Å². The first-order chi connectivity index (χ1) is 12.5. The van der Waals surface area contributed by atoms with Crippen LogP contribution in [0.15, 0.2) is 36.4 Å². The number of benzene rings is 2. The number of fused-ring (bicyclic) bond motifs is 1. The van der Waals surface area contributed by atoms with E-state index >= 15 is 0 Å². The summed E-state index contributed by atoms with van der Waals surface area (Å²) in [4.78, 5) is 12.8. The Morgan fingerprint density at radius 3 is 2.54 bits per heavy atom. The summed E-state index contributed by atoms with van der Waals surface area (Å²) >= 11 is 6.05. The topological polar surface area (TPSA) is 56.8 Å². The maximum atomic E-state index is 12.8. The second kappa shape index (κ2) is 7.87. The van der Waals surface area contributed by atoms with E-state index in [2.05, 4.69) is 19.2 Å². The van der Waals surface area contributed by atoms with Gasteiger partial charge < -0.3 is 19.5 Å². The van der Waals surface area contributed by atoms with Gasteiger partial charge in [-0.15, -0.1) is 0 Å². The van der Waals surface area contributed by atoms with Crippen molar-refractivity contribution in [1.82, 2.24) is 5.32 Å². The molecule has 1 aliphatic heterocycles. The zero-order valence-electron chi connectivity index (χ0n) is 15.0. The molecule has 1 N–H and O–H groups in total. The van der Waals surface area contributed by atoms with Crippen LogP contribution in [0.4, 0.5) is 0 Å². The van der Waals surface area contributed by atoms with E-state index in [0.717, 1.165) is 11.3 Å². The maximum absolute atomic E-state index is 12.8. The average Bonchev–Trinajstić information content (AvgIpc) is 2.65. The summed E-state index contributed by atoms with van der Waals surface area (Å²) in [6.45, 7) is 5.17. The van der Waals surface area contributed by atoms with Crippen LogP contribution in [0.25, 0.3) is 0 Å². The van der Waals surface area contributed by atoms with Crippen LogP contribution in [0.5, 0.6) is 17.2 Å². The first-order valence-corrected chi connectivity index (χ1v) is 8.91. The number of nitrogens with one attached hydrogen (secondary N) is 1. The summed E-state index contributed by atoms with van der Waals surface area (Å²) in [7, 11) is 1.53. The molecule has 0 spiro atoms. The van der Waals surface area contributed by atoms with E-state index < -0.39 is 0 Å². The minimum Gasteiger partial charge on any atom is -0.496 e. The second-order valence-electron chi connectivity index (χ2n) is 6.44. The monoisotopic (exact) mass is 375 g/mol. The van der Waals surface area contributed by atoms with Crippen LogP contribution in [-0.2, 0) is 0 Å². The molecule has 0 saturated carbocycles. The van der Waals surface area contributed by atoms with Gasteiger partial charge in [-0.2, -0.15) is 0 Å². The number of amides is 1. The lowest BCUT2D eigenvalue weighted by Gasteiger charge is -2.25. The highest BCUT2D eigenvalue weighted by Crippen LogP contribution is 2.34. The van der Waals surface area contributed by atoms with Crippen LogP contribution in [0, 0.1) is 5.92 Å². The Kier molecular flexibility index (Phi) is 5.57. The fourth-order valence-corrected chi connectivity index (χ4v) is 3.14. The highest BCUT2D eigenvalue weighted by Gasteiger charge is 2.23. The van der Waals surface area contributed by atoms with Gasteiger partial charge in [0, 0.05) is 5.02 Å². The molecule has 5 nitrogen and oxygen atoms in total. The van der Waals surface area contributed by atoms with Gasteiger partial charge >= 0.3 is 0 Å². The smallest absolute Gasteiger partial charge is 0.255 e. The molecule has 0 bridgehead atoms. The summed E-state index contributed by atoms with van der Waals surface area (Å²) in [6.07, 6.45) is 0. The molecule has 1 amide bonds. The zero-order valence-corrected chi connectivity index (χ0v) is 15.8. The Bertz CT molecular complexity index is 806. The van der Waals surface area contributed by atoms with Gasteiger partial charge in [-0.25, -0.2) is 0 Å². The maximum Gasteiger partial charge on any atom is 0.255 e. The van der Waals surface area contributed by atoms with Gasteiger partial charge in [0.1, 0.15) is 19.0 Å². The Morgan fingerprint density at radius 1 is 1.12 bits per heavy atom. The number of rotatable bonds is 5. The molecule has 6 heteroatoms. The van der Waals surface area contributed by atoms with Crippen LogP contribution in [0.2, 0.25) is 5.02 Å². The highest BCUT2D eigenvalue weighted by molar-refractivity contribution is 6.31. The minimum absolute atomic E-state index is 0.173. The van der Waals surface area contributed by atoms with Crippen LogP contribution in [0.3, 0.4) is 0 Å². The third-order valence-corrected chi connectivity index (χ3v) is 4.52. The van der Waals surface area contributed by atoms with Crippen LogP contribution >= 0.6 is 11.6 Å². The molecular weight excluding hydrogens is 354 g/mol. The van der Waals surface area contributed by atoms with Crippen molar-refractivity contribution in [2.75, 3.05) is 20.3 Å². The number of halogens is 1. The van der Waals surface area contributed by atoms with Crippen molar-refractivity contribution in [2.24, 2.45) is 5.92 Å². The van der Waals surface area contributed by atoms with E-state index in [-0.39, 0.29) is 17.9 Å². The van der Waals surface area contributed by atoms with Crippen LogP contribution < -0.4 is 19.5 Å². The van der Waals surface area contributed by atoms with Crippen molar-refractivity contribution in [3.8, 4) is 17.2 Å². The predicted octanol–water partition coefficient (Wildman–Crippen LogP) is 4.25. The van der Waals surface area contributed by atoms with Gasteiger partial charge in [-0.3, -0.25) is 4.79 Å². The molecule has 0 aromatic heterocycles. The third-order valence-electron chi connectivity index (χ3n) is 4.28. The van der Waals surface area contributed by atoms with Crippen molar-refractivity contribution in [1.29, 1.82) is 0 Å². The molecule has 0 saturated heterocycles. The normalized spacial score (nSPS) is 14.0. The molecule has 0 fully saturated rings. The largest absolute Gasteiger partial charge is 0.496 e. The quantitative estimate of drug-likeness (QED) is 0.848. The SMILES string of the molecule is COc1ccc(Cl)cc1C(=O)NC(c1ccc2c(c1)OCCO2)C(C)C. The summed E-state index contributed by atoms with van der Waals surface area (Å²) in [6, 6.07) is 10.6. The minimum atomic E-state index is -0.238. The van der Waals surface area contributed by atoms with Gasteiger partial charge in [0.25, 0.3) is 5.91 Å². The molecule has 1 heterocycles. The van der Waals surface area contributed by atoms with Gasteiger partial charge in [0.2, 0.25) is 0 Å². The summed E-state index contributed by atoms with van der Waals surface area (Å²) in [5.74, 6) is 1.85. The lowest BCUT2D eigenvalue weighted by molar-refractivity contribution is 0.0922. The van der Waals surface area contributed by atoms with Crippen LogP contribution in [0.1, 0.15) is 35.8 Å². The molecule has 1 aliphatic rings. The Balaban J connectivity index is 1.87. The van der Waals surface area contributed by atoms with E-state index in [9.17, 15) is 4.79 Å². The van der Waals surface area contributed by atoms with Crippen molar-refractivity contribution < 1.29 is 19.0 Å². The molecule has 2 aromatic rings. The summed E-state index contributed by atoms with van der Waals surface area (Å²) in [5.41, 5.74) is 1.36. The van der Waals surface area contributed by atoms with Crippen LogP contribution in [-0.4, -0.2) is 26.2 Å². The molecule has 2 aromatic carbocycles. The summed E-state index contributed by atoms with van der Waals surface area (Å²) < 4.78 is 16.5.